The van der Waals surface area contributed by atoms with Gasteiger partial charge in [-0.05, 0) is 20.0 Å². The number of alkyl halides is 2. The minimum Gasteiger partial charge on any atom is -0.396 e. The van der Waals surface area contributed by atoms with Gasteiger partial charge in [-0.25, -0.2) is 8.78 Å². The Morgan fingerprint density at radius 2 is 2.23 bits per heavy atom. The molecule has 0 aromatic rings. The molecule has 1 saturated heterocycles. The van der Waals surface area contributed by atoms with E-state index in [1.165, 1.54) is 0 Å². The first-order valence-corrected chi connectivity index (χ1v) is 4.57. The summed E-state index contributed by atoms with van der Waals surface area (Å²) in [5, 5.41) is 9.13. The van der Waals surface area contributed by atoms with E-state index in [0.29, 0.717) is 19.5 Å². The first kappa shape index (κ1) is 10.9. The molecule has 1 rings (SSSR count). The average Bonchev–Trinajstić information content (AvgIpc) is 2.03. The first-order chi connectivity index (χ1) is 5.99. The predicted octanol–water partition coefficient (Wildman–Crippen LogP) is 1.20. The van der Waals surface area contributed by atoms with E-state index in [4.69, 9.17) is 5.11 Å². The second-order valence-corrected chi connectivity index (χ2v) is 4.28. The van der Waals surface area contributed by atoms with Gasteiger partial charge in [0.15, 0.2) is 0 Å². The highest BCUT2D eigenvalue weighted by atomic mass is 19.3. The van der Waals surface area contributed by atoms with Gasteiger partial charge in [-0.3, -0.25) is 0 Å². The summed E-state index contributed by atoms with van der Waals surface area (Å²) in [6, 6.07) is 0. The molecular formula is C9H17F2NO. The fourth-order valence-electron chi connectivity index (χ4n) is 2.12. The zero-order valence-corrected chi connectivity index (χ0v) is 8.13. The van der Waals surface area contributed by atoms with Crippen LogP contribution in [0.5, 0.6) is 0 Å². The SMILES string of the molecule is CN1CC[C@H](C(F)F)[C@](C)(CO)C1. The maximum Gasteiger partial charge on any atom is 0.242 e. The molecule has 1 aliphatic heterocycles. The summed E-state index contributed by atoms with van der Waals surface area (Å²) < 4.78 is 25.2. The van der Waals surface area contributed by atoms with Gasteiger partial charge >= 0.3 is 0 Å². The van der Waals surface area contributed by atoms with Crippen molar-refractivity contribution in [2.45, 2.75) is 19.8 Å². The summed E-state index contributed by atoms with van der Waals surface area (Å²) in [7, 11) is 1.90. The van der Waals surface area contributed by atoms with Crippen LogP contribution in [0.3, 0.4) is 0 Å². The molecule has 4 heteroatoms. The van der Waals surface area contributed by atoms with Crippen molar-refractivity contribution in [2.75, 3.05) is 26.7 Å². The lowest BCUT2D eigenvalue weighted by atomic mass is 9.73. The van der Waals surface area contributed by atoms with Crippen molar-refractivity contribution in [3.63, 3.8) is 0 Å². The number of piperidine rings is 1. The highest BCUT2D eigenvalue weighted by Gasteiger charge is 2.42. The second kappa shape index (κ2) is 3.88. The van der Waals surface area contributed by atoms with Crippen LogP contribution in [0.4, 0.5) is 8.78 Å². The van der Waals surface area contributed by atoms with Crippen LogP contribution in [0.1, 0.15) is 13.3 Å². The number of aliphatic hydroxyl groups excluding tert-OH is 1. The highest BCUT2D eigenvalue weighted by molar-refractivity contribution is 4.90. The number of hydrogen-bond donors (Lipinski definition) is 1. The quantitative estimate of drug-likeness (QED) is 0.712. The Labute approximate surface area is 77.5 Å². The molecule has 13 heavy (non-hydrogen) atoms. The maximum absolute atomic E-state index is 12.6. The third-order valence-corrected chi connectivity index (χ3v) is 3.01. The first-order valence-electron chi connectivity index (χ1n) is 4.57. The molecule has 0 spiro atoms. The molecule has 2 nitrogen and oxygen atoms in total. The molecular weight excluding hydrogens is 176 g/mol. The number of aliphatic hydroxyl groups is 1. The maximum atomic E-state index is 12.6. The van der Waals surface area contributed by atoms with Gasteiger partial charge in [0.05, 0.1) is 6.61 Å². The predicted molar refractivity (Wildman–Crippen MR) is 46.8 cm³/mol. The number of halogens is 2. The minimum atomic E-state index is -2.31. The van der Waals surface area contributed by atoms with Gasteiger partial charge in [0.2, 0.25) is 6.43 Å². The molecule has 1 fully saturated rings. The zero-order chi connectivity index (χ0) is 10.1. The van der Waals surface area contributed by atoms with Gasteiger partial charge < -0.3 is 10.0 Å². The zero-order valence-electron chi connectivity index (χ0n) is 8.13. The molecule has 2 atom stereocenters. The topological polar surface area (TPSA) is 23.5 Å². The van der Waals surface area contributed by atoms with Crippen LogP contribution in [0.25, 0.3) is 0 Å². The monoisotopic (exact) mass is 193 g/mol. The molecule has 0 aliphatic carbocycles. The van der Waals surface area contributed by atoms with E-state index < -0.39 is 17.8 Å². The molecule has 1 heterocycles. The Balaban J connectivity index is 2.72. The van der Waals surface area contributed by atoms with Crippen molar-refractivity contribution in [1.29, 1.82) is 0 Å². The van der Waals surface area contributed by atoms with Crippen molar-refractivity contribution >= 4 is 0 Å². The summed E-state index contributed by atoms with van der Waals surface area (Å²) in [4.78, 5) is 2.00. The van der Waals surface area contributed by atoms with E-state index in [1.807, 2.05) is 11.9 Å². The van der Waals surface area contributed by atoms with Crippen LogP contribution in [-0.4, -0.2) is 43.2 Å². The number of rotatable bonds is 2. The fraction of sp³-hybridized carbons (Fsp3) is 1.00. The molecule has 1 N–H and O–H groups in total. The average molecular weight is 193 g/mol. The normalized spacial score (nSPS) is 36.9. The van der Waals surface area contributed by atoms with Gasteiger partial charge in [0.25, 0.3) is 0 Å². The number of likely N-dealkylation sites (tertiary alicyclic amines) is 1. The Hall–Kier alpha value is -0.220. The van der Waals surface area contributed by atoms with Gasteiger partial charge in [-0.1, -0.05) is 6.92 Å². The summed E-state index contributed by atoms with van der Waals surface area (Å²) in [5.41, 5.74) is -0.638. The van der Waals surface area contributed by atoms with Crippen LogP contribution in [0.15, 0.2) is 0 Å². The van der Waals surface area contributed by atoms with Crippen LogP contribution in [-0.2, 0) is 0 Å². The molecule has 0 unspecified atom stereocenters. The fourth-order valence-corrected chi connectivity index (χ4v) is 2.12. The molecule has 0 aromatic carbocycles. The molecule has 0 aromatic heterocycles. The highest BCUT2D eigenvalue weighted by Crippen LogP contribution is 2.38. The van der Waals surface area contributed by atoms with E-state index in [2.05, 4.69) is 0 Å². The van der Waals surface area contributed by atoms with Crippen LogP contribution < -0.4 is 0 Å². The Morgan fingerprint density at radius 1 is 1.62 bits per heavy atom. The third kappa shape index (κ3) is 2.17. The lowest BCUT2D eigenvalue weighted by molar-refractivity contribution is -0.0715. The smallest absolute Gasteiger partial charge is 0.242 e. The van der Waals surface area contributed by atoms with E-state index >= 15 is 0 Å². The lowest BCUT2D eigenvalue weighted by Gasteiger charge is -2.43. The van der Waals surface area contributed by atoms with E-state index in [9.17, 15) is 8.78 Å². The molecule has 78 valence electrons. The van der Waals surface area contributed by atoms with Gasteiger partial charge in [-0.15, -0.1) is 0 Å². The lowest BCUT2D eigenvalue weighted by Crippen LogP contribution is -2.50. The summed E-state index contributed by atoms with van der Waals surface area (Å²) >= 11 is 0. The van der Waals surface area contributed by atoms with E-state index in [0.717, 1.165) is 0 Å². The van der Waals surface area contributed by atoms with Crippen LogP contribution >= 0.6 is 0 Å². The standard InChI is InChI=1S/C9H17F2NO/c1-9(6-13)5-12(2)4-3-7(9)8(10)11/h7-8,13H,3-6H2,1-2H3/t7-,9+/m1/s1. The summed E-state index contributed by atoms with van der Waals surface area (Å²) in [6.45, 7) is 2.83. The second-order valence-electron chi connectivity index (χ2n) is 4.28. The molecule has 1 aliphatic rings. The summed E-state index contributed by atoms with van der Waals surface area (Å²) in [5.74, 6) is -0.659. The Bertz CT molecular complexity index is 177. The molecule has 0 radical (unpaired) electrons. The molecule has 0 saturated carbocycles. The van der Waals surface area contributed by atoms with Crippen LogP contribution in [0.2, 0.25) is 0 Å². The van der Waals surface area contributed by atoms with Crippen molar-refractivity contribution < 1.29 is 13.9 Å². The molecule has 0 amide bonds. The Kier molecular flexibility index (Phi) is 3.24. The van der Waals surface area contributed by atoms with Gasteiger partial charge in [-0.2, -0.15) is 0 Å². The minimum absolute atomic E-state index is 0.160. The summed E-state index contributed by atoms with van der Waals surface area (Å²) in [6.07, 6.45) is -1.84. The van der Waals surface area contributed by atoms with Crippen molar-refractivity contribution in [3.8, 4) is 0 Å². The largest absolute Gasteiger partial charge is 0.396 e. The van der Waals surface area contributed by atoms with E-state index in [-0.39, 0.29) is 6.61 Å². The molecule has 0 bridgehead atoms. The number of hydrogen-bond acceptors (Lipinski definition) is 2. The van der Waals surface area contributed by atoms with Gasteiger partial charge in [0, 0.05) is 17.9 Å². The van der Waals surface area contributed by atoms with Crippen molar-refractivity contribution in [2.24, 2.45) is 11.3 Å². The number of nitrogens with zero attached hydrogens (tertiary/aromatic N) is 1. The van der Waals surface area contributed by atoms with Crippen LogP contribution in [0, 0.1) is 11.3 Å². The van der Waals surface area contributed by atoms with E-state index in [1.54, 1.807) is 6.92 Å². The Morgan fingerprint density at radius 3 is 2.69 bits per heavy atom. The van der Waals surface area contributed by atoms with Gasteiger partial charge in [0.1, 0.15) is 0 Å². The van der Waals surface area contributed by atoms with Crippen molar-refractivity contribution in [1.82, 2.24) is 4.90 Å². The third-order valence-electron chi connectivity index (χ3n) is 3.01. The van der Waals surface area contributed by atoms with Crippen molar-refractivity contribution in [3.05, 3.63) is 0 Å².